The third-order valence-corrected chi connectivity index (χ3v) is 4.01. The molecule has 0 spiro atoms. The van der Waals surface area contributed by atoms with Crippen LogP contribution in [0.15, 0.2) is 41.5 Å². The molecule has 0 aliphatic carbocycles. The van der Waals surface area contributed by atoms with Crippen molar-refractivity contribution in [2.75, 3.05) is 21.3 Å². The Balaban J connectivity index is 2.08. The van der Waals surface area contributed by atoms with Gasteiger partial charge in [-0.05, 0) is 58.5 Å². The summed E-state index contributed by atoms with van der Waals surface area (Å²) in [7, 11) is 4.67. The zero-order valence-electron chi connectivity index (χ0n) is 13.5. The first-order valence-corrected chi connectivity index (χ1v) is 8.05. The van der Waals surface area contributed by atoms with Gasteiger partial charge in [0.05, 0.1) is 31.1 Å². The van der Waals surface area contributed by atoms with Gasteiger partial charge < -0.3 is 14.2 Å². The first kappa shape index (κ1) is 18.1. The highest BCUT2D eigenvalue weighted by molar-refractivity contribution is 14.1. The van der Waals surface area contributed by atoms with Crippen LogP contribution in [-0.2, 0) is 0 Å². The van der Waals surface area contributed by atoms with Gasteiger partial charge in [0, 0.05) is 11.6 Å². The molecule has 0 radical (unpaired) electrons. The van der Waals surface area contributed by atoms with Gasteiger partial charge in [0.25, 0.3) is 5.91 Å². The molecule has 2 rings (SSSR count). The van der Waals surface area contributed by atoms with Crippen LogP contribution in [-0.4, -0.2) is 33.5 Å². The lowest BCUT2D eigenvalue weighted by Gasteiger charge is -2.07. The number of carbonyl (C=O) groups is 1. The van der Waals surface area contributed by atoms with Crippen molar-refractivity contribution in [1.82, 2.24) is 5.43 Å². The molecule has 2 aromatic carbocycles. The molecule has 0 aromatic heterocycles. The topological polar surface area (TPSA) is 69.2 Å². The monoisotopic (exact) mass is 440 g/mol. The number of ether oxygens (including phenoxy) is 3. The van der Waals surface area contributed by atoms with Crippen molar-refractivity contribution < 1.29 is 19.0 Å². The highest BCUT2D eigenvalue weighted by atomic mass is 127. The summed E-state index contributed by atoms with van der Waals surface area (Å²) in [6, 6.07) is 10.5. The lowest BCUT2D eigenvalue weighted by Crippen LogP contribution is -2.17. The molecule has 0 atom stereocenters. The number of nitrogens with zero attached hydrogens (tertiary/aromatic N) is 1. The summed E-state index contributed by atoms with van der Waals surface area (Å²) < 4.78 is 16.5. The molecule has 2 aromatic rings. The molecule has 24 heavy (non-hydrogen) atoms. The van der Waals surface area contributed by atoms with Crippen LogP contribution in [0, 0.1) is 3.57 Å². The van der Waals surface area contributed by atoms with Gasteiger partial charge >= 0.3 is 0 Å². The first-order valence-electron chi connectivity index (χ1n) is 6.97. The second-order valence-electron chi connectivity index (χ2n) is 4.69. The second kappa shape index (κ2) is 8.53. The Bertz CT molecular complexity index is 740. The Kier molecular flexibility index (Phi) is 6.42. The van der Waals surface area contributed by atoms with E-state index in [2.05, 4.69) is 33.1 Å². The van der Waals surface area contributed by atoms with Gasteiger partial charge in [0.2, 0.25) is 0 Å². The van der Waals surface area contributed by atoms with Gasteiger partial charge in [-0.15, -0.1) is 0 Å². The van der Waals surface area contributed by atoms with E-state index in [0.29, 0.717) is 17.1 Å². The van der Waals surface area contributed by atoms with Crippen LogP contribution in [0.3, 0.4) is 0 Å². The molecule has 1 amide bonds. The SMILES string of the molecule is COc1cc(OC)cc(C(=O)NN=Cc2ccc(OC)c(I)c2)c1. The number of halogens is 1. The van der Waals surface area contributed by atoms with Crippen LogP contribution < -0.4 is 19.6 Å². The van der Waals surface area contributed by atoms with E-state index in [1.807, 2.05) is 18.2 Å². The highest BCUT2D eigenvalue weighted by Crippen LogP contribution is 2.22. The van der Waals surface area contributed by atoms with Crippen molar-refractivity contribution in [2.45, 2.75) is 0 Å². The van der Waals surface area contributed by atoms with Gasteiger partial charge in [-0.25, -0.2) is 5.43 Å². The van der Waals surface area contributed by atoms with Crippen LogP contribution in [0.1, 0.15) is 15.9 Å². The number of benzene rings is 2. The number of hydrogen-bond acceptors (Lipinski definition) is 5. The van der Waals surface area contributed by atoms with Gasteiger partial charge in [0.15, 0.2) is 0 Å². The summed E-state index contributed by atoms with van der Waals surface area (Å²) in [5.41, 5.74) is 3.73. The third kappa shape index (κ3) is 4.60. The predicted octanol–water partition coefficient (Wildman–Crippen LogP) is 3.08. The molecule has 6 nitrogen and oxygen atoms in total. The van der Waals surface area contributed by atoms with Crippen LogP contribution in [0.25, 0.3) is 0 Å². The van der Waals surface area contributed by atoms with E-state index in [0.717, 1.165) is 14.9 Å². The Labute approximate surface area is 153 Å². The molecule has 0 aliphatic rings. The summed E-state index contributed by atoms with van der Waals surface area (Å²) in [4.78, 5) is 12.2. The summed E-state index contributed by atoms with van der Waals surface area (Å²) >= 11 is 2.17. The van der Waals surface area contributed by atoms with Gasteiger partial charge in [-0.3, -0.25) is 4.79 Å². The maximum Gasteiger partial charge on any atom is 0.271 e. The van der Waals surface area contributed by atoms with Crippen molar-refractivity contribution in [3.05, 3.63) is 51.1 Å². The molecule has 126 valence electrons. The van der Waals surface area contributed by atoms with Crippen LogP contribution in [0.4, 0.5) is 0 Å². The Morgan fingerprint density at radius 3 is 2.25 bits per heavy atom. The number of nitrogens with one attached hydrogen (secondary N) is 1. The molecule has 0 saturated heterocycles. The Morgan fingerprint density at radius 2 is 1.71 bits per heavy atom. The molecular formula is C17H17IN2O4. The number of amides is 1. The van der Waals surface area contributed by atoms with Crippen molar-refractivity contribution >= 4 is 34.7 Å². The zero-order valence-corrected chi connectivity index (χ0v) is 15.7. The molecule has 0 saturated carbocycles. The Hall–Kier alpha value is -2.29. The zero-order chi connectivity index (χ0) is 17.5. The molecular weight excluding hydrogens is 423 g/mol. The van der Waals surface area contributed by atoms with Gasteiger partial charge in [-0.2, -0.15) is 5.10 Å². The fourth-order valence-corrected chi connectivity index (χ4v) is 2.69. The molecule has 0 aliphatic heterocycles. The minimum Gasteiger partial charge on any atom is -0.497 e. The lowest BCUT2D eigenvalue weighted by atomic mass is 10.2. The molecule has 0 bridgehead atoms. The summed E-state index contributed by atoms with van der Waals surface area (Å²) in [6.07, 6.45) is 1.57. The molecule has 0 heterocycles. The van der Waals surface area contributed by atoms with Gasteiger partial charge in [-0.1, -0.05) is 0 Å². The van der Waals surface area contributed by atoms with E-state index in [9.17, 15) is 4.79 Å². The molecule has 0 unspecified atom stereocenters. The van der Waals surface area contributed by atoms with Crippen molar-refractivity contribution in [3.63, 3.8) is 0 Å². The molecule has 7 heteroatoms. The number of rotatable bonds is 6. The maximum absolute atomic E-state index is 12.2. The standard InChI is InChI=1S/C17H17IN2O4/c1-22-13-7-12(8-14(9-13)23-2)17(21)20-19-10-11-4-5-16(24-3)15(18)6-11/h4-10H,1-3H3,(H,20,21). The normalized spacial score (nSPS) is 10.5. The number of carbonyl (C=O) groups excluding carboxylic acids is 1. The van der Waals surface area contributed by atoms with Crippen molar-refractivity contribution in [2.24, 2.45) is 5.10 Å². The fourth-order valence-electron chi connectivity index (χ4n) is 1.93. The van der Waals surface area contributed by atoms with Gasteiger partial charge in [0.1, 0.15) is 17.2 Å². The largest absolute Gasteiger partial charge is 0.497 e. The second-order valence-corrected chi connectivity index (χ2v) is 5.86. The maximum atomic E-state index is 12.2. The first-order chi connectivity index (χ1) is 11.6. The predicted molar refractivity (Wildman–Crippen MR) is 100 cm³/mol. The average Bonchev–Trinajstić information content (AvgIpc) is 2.61. The minimum absolute atomic E-state index is 0.355. The average molecular weight is 440 g/mol. The smallest absolute Gasteiger partial charge is 0.271 e. The summed E-state index contributed by atoms with van der Waals surface area (Å²) in [6.45, 7) is 0. The van der Waals surface area contributed by atoms with E-state index in [1.165, 1.54) is 14.2 Å². The van der Waals surface area contributed by atoms with Crippen molar-refractivity contribution in [1.29, 1.82) is 0 Å². The minimum atomic E-state index is -0.355. The van der Waals surface area contributed by atoms with Crippen LogP contribution >= 0.6 is 22.6 Å². The van der Waals surface area contributed by atoms with E-state index in [1.54, 1.807) is 31.5 Å². The van der Waals surface area contributed by atoms with E-state index in [4.69, 9.17) is 14.2 Å². The fraction of sp³-hybridized carbons (Fsp3) is 0.176. The lowest BCUT2D eigenvalue weighted by molar-refractivity contribution is 0.0954. The molecule has 0 fully saturated rings. The highest BCUT2D eigenvalue weighted by Gasteiger charge is 2.09. The third-order valence-electron chi connectivity index (χ3n) is 3.17. The van der Waals surface area contributed by atoms with E-state index in [-0.39, 0.29) is 5.91 Å². The van der Waals surface area contributed by atoms with E-state index < -0.39 is 0 Å². The number of methoxy groups -OCH3 is 3. The van der Waals surface area contributed by atoms with Crippen LogP contribution in [0.2, 0.25) is 0 Å². The Morgan fingerprint density at radius 1 is 1.04 bits per heavy atom. The quantitative estimate of drug-likeness (QED) is 0.426. The number of hydrogen-bond donors (Lipinski definition) is 1. The summed E-state index contributed by atoms with van der Waals surface area (Å²) in [5.74, 6) is 1.51. The van der Waals surface area contributed by atoms with Crippen LogP contribution in [0.5, 0.6) is 17.2 Å². The number of hydrazone groups is 1. The summed E-state index contributed by atoms with van der Waals surface area (Å²) in [5, 5.41) is 3.98. The van der Waals surface area contributed by atoms with E-state index >= 15 is 0 Å². The molecule has 1 N–H and O–H groups in total. The van der Waals surface area contributed by atoms with Crippen molar-refractivity contribution in [3.8, 4) is 17.2 Å².